The molecule has 102 valence electrons. The molecule has 0 aromatic carbocycles. The highest BCUT2D eigenvalue weighted by Gasteiger charge is 2.11. The van der Waals surface area contributed by atoms with E-state index in [1.54, 1.807) is 7.11 Å². The summed E-state index contributed by atoms with van der Waals surface area (Å²) in [6.07, 6.45) is 2.18. The van der Waals surface area contributed by atoms with Gasteiger partial charge in [-0.3, -0.25) is 0 Å². The van der Waals surface area contributed by atoms with Crippen LogP contribution in [0.4, 0.5) is 0 Å². The fourth-order valence-corrected chi connectivity index (χ4v) is 1.42. The number of methoxy groups -OCH3 is 2. The minimum atomic E-state index is 0.225. The first-order valence-electron chi connectivity index (χ1n) is 5.53. The Hall–Kier alpha value is -1.11. The molecule has 0 N–H and O–H groups in total. The number of ether oxygens (including phenoxy) is 4. The summed E-state index contributed by atoms with van der Waals surface area (Å²) in [5, 5.41) is 0.225. The summed E-state index contributed by atoms with van der Waals surface area (Å²) in [6.45, 7) is 2.17. The molecular weight excluding hydrogens is 260 g/mol. The van der Waals surface area contributed by atoms with Gasteiger partial charge >= 0.3 is 0 Å². The second-order valence-corrected chi connectivity index (χ2v) is 3.67. The Balaban J connectivity index is 2.25. The highest BCUT2D eigenvalue weighted by molar-refractivity contribution is 6.31. The van der Waals surface area contributed by atoms with E-state index in [0.29, 0.717) is 38.1 Å². The molecular formula is C11H17ClN2O4. The molecule has 1 heterocycles. The van der Waals surface area contributed by atoms with Crippen LogP contribution in [0.1, 0.15) is 6.42 Å². The van der Waals surface area contributed by atoms with Gasteiger partial charge in [-0.2, -0.15) is 4.98 Å². The van der Waals surface area contributed by atoms with E-state index in [2.05, 4.69) is 9.97 Å². The fraction of sp³-hybridized carbons (Fsp3) is 0.636. The summed E-state index contributed by atoms with van der Waals surface area (Å²) >= 11 is 5.83. The van der Waals surface area contributed by atoms with Gasteiger partial charge in [0.05, 0.1) is 13.7 Å². The smallest absolute Gasteiger partial charge is 0.261 e. The van der Waals surface area contributed by atoms with Crippen LogP contribution in [-0.4, -0.2) is 50.6 Å². The van der Waals surface area contributed by atoms with Gasteiger partial charge < -0.3 is 18.9 Å². The van der Waals surface area contributed by atoms with Crippen LogP contribution in [0.5, 0.6) is 11.6 Å². The molecule has 1 aromatic rings. The Morgan fingerprint density at radius 3 is 2.67 bits per heavy atom. The zero-order valence-corrected chi connectivity index (χ0v) is 11.3. The molecule has 0 atom stereocenters. The van der Waals surface area contributed by atoms with Gasteiger partial charge in [0.25, 0.3) is 5.88 Å². The predicted octanol–water partition coefficient (Wildman–Crippen LogP) is 1.57. The summed E-state index contributed by atoms with van der Waals surface area (Å²) in [6, 6.07) is 0. The van der Waals surface area contributed by atoms with Crippen molar-refractivity contribution < 1.29 is 18.9 Å². The quantitative estimate of drug-likeness (QED) is 0.504. The largest absolute Gasteiger partial charge is 0.489 e. The molecule has 1 aromatic heterocycles. The zero-order valence-electron chi connectivity index (χ0n) is 10.5. The highest BCUT2D eigenvalue weighted by atomic mass is 35.5. The maximum Gasteiger partial charge on any atom is 0.261 e. The topological polar surface area (TPSA) is 62.7 Å². The van der Waals surface area contributed by atoms with Crippen molar-refractivity contribution in [1.29, 1.82) is 0 Å². The van der Waals surface area contributed by atoms with Gasteiger partial charge in [-0.15, -0.1) is 0 Å². The number of nitrogens with zero attached hydrogens (tertiary/aromatic N) is 2. The van der Waals surface area contributed by atoms with E-state index in [1.807, 2.05) is 0 Å². The van der Waals surface area contributed by atoms with Crippen molar-refractivity contribution in [2.24, 2.45) is 0 Å². The van der Waals surface area contributed by atoms with E-state index in [0.717, 1.165) is 6.42 Å². The Morgan fingerprint density at radius 1 is 1.11 bits per heavy atom. The Kier molecular flexibility index (Phi) is 7.40. The van der Waals surface area contributed by atoms with Crippen molar-refractivity contribution >= 4 is 11.6 Å². The van der Waals surface area contributed by atoms with Gasteiger partial charge in [-0.25, -0.2) is 4.98 Å². The summed E-state index contributed by atoms with van der Waals surface area (Å²) in [7, 11) is 3.15. The Morgan fingerprint density at radius 2 is 1.94 bits per heavy atom. The average Bonchev–Trinajstić information content (AvgIpc) is 2.38. The monoisotopic (exact) mass is 276 g/mol. The van der Waals surface area contributed by atoms with Crippen LogP contribution in [0.3, 0.4) is 0 Å². The lowest BCUT2D eigenvalue weighted by molar-refractivity contribution is 0.0787. The molecule has 0 spiro atoms. The van der Waals surface area contributed by atoms with E-state index in [9.17, 15) is 0 Å². The Labute approximate surface area is 111 Å². The predicted molar refractivity (Wildman–Crippen MR) is 66.4 cm³/mol. The van der Waals surface area contributed by atoms with Crippen LogP contribution >= 0.6 is 11.6 Å². The lowest BCUT2D eigenvalue weighted by Gasteiger charge is -2.09. The van der Waals surface area contributed by atoms with Gasteiger partial charge in [0.15, 0.2) is 5.15 Å². The maximum atomic E-state index is 5.83. The standard InChI is InChI=1S/C11H17ClN2O4/c1-15-4-3-5-17-6-7-18-11-9(16-2)10(12)13-8-14-11/h8H,3-7H2,1-2H3. The molecule has 0 unspecified atom stereocenters. The van der Waals surface area contributed by atoms with Crippen molar-refractivity contribution in [2.75, 3.05) is 40.6 Å². The molecule has 0 fully saturated rings. The third kappa shape index (κ3) is 5.03. The first-order valence-corrected chi connectivity index (χ1v) is 5.91. The SMILES string of the molecule is COCCCOCCOc1ncnc(Cl)c1OC. The van der Waals surface area contributed by atoms with Gasteiger partial charge in [0, 0.05) is 20.3 Å². The molecule has 0 aliphatic rings. The molecule has 7 heteroatoms. The van der Waals surface area contributed by atoms with E-state index in [-0.39, 0.29) is 5.15 Å². The van der Waals surface area contributed by atoms with Crippen LogP contribution in [0.15, 0.2) is 6.33 Å². The number of aromatic nitrogens is 2. The van der Waals surface area contributed by atoms with Crippen molar-refractivity contribution in [2.45, 2.75) is 6.42 Å². The summed E-state index contributed by atoms with van der Waals surface area (Å²) < 4.78 is 20.7. The molecule has 0 aliphatic heterocycles. The van der Waals surface area contributed by atoms with E-state index in [1.165, 1.54) is 13.4 Å². The normalized spacial score (nSPS) is 10.4. The molecule has 0 saturated heterocycles. The lowest BCUT2D eigenvalue weighted by atomic mass is 10.5. The molecule has 1 rings (SSSR count). The van der Waals surface area contributed by atoms with Gasteiger partial charge in [0.1, 0.15) is 12.9 Å². The third-order valence-corrected chi connectivity index (χ3v) is 2.30. The van der Waals surface area contributed by atoms with Crippen molar-refractivity contribution in [3.05, 3.63) is 11.5 Å². The molecule has 0 aliphatic carbocycles. The lowest BCUT2D eigenvalue weighted by Crippen LogP contribution is -2.10. The number of hydrogen-bond donors (Lipinski definition) is 0. The van der Waals surface area contributed by atoms with Gasteiger partial charge in [-0.05, 0) is 6.42 Å². The molecule has 0 radical (unpaired) electrons. The molecule has 18 heavy (non-hydrogen) atoms. The fourth-order valence-electron chi connectivity index (χ4n) is 1.22. The number of halogens is 1. The zero-order chi connectivity index (χ0) is 13.2. The number of hydrogen-bond acceptors (Lipinski definition) is 6. The second kappa shape index (κ2) is 8.91. The van der Waals surface area contributed by atoms with E-state index >= 15 is 0 Å². The number of rotatable bonds is 9. The molecule has 0 bridgehead atoms. The van der Waals surface area contributed by atoms with Crippen LogP contribution in [0.2, 0.25) is 5.15 Å². The van der Waals surface area contributed by atoms with Gasteiger partial charge in [-0.1, -0.05) is 11.6 Å². The van der Waals surface area contributed by atoms with E-state index < -0.39 is 0 Å². The van der Waals surface area contributed by atoms with Crippen LogP contribution in [-0.2, 0) is 9.47 Å². The first-order chi connectivity index (χ1) is 8.79. The second-order valence-electron chi connectivity index (χ2n) is 3.31. The van der Waals surface area contributed by atoms with Crippen LogP contribution in [0, 0.1) is 0 Å². The van der Waals surface area contributed by atoms with E-state index in [4.69, 9.17) is 30.5 Å². The average molecular weight is 277 g/mol. The van der Waals surface area contributed by atoms with Crippen molar-refractivity contribution in [3.8, 4) is 11.6 Å². The van der Waals surface area contributed by atoms with Crippen LogP contribution in [0.25, 0.3) is 0 Å². The summed E-state index contributed by atoms with van der Waals surface area (Å²) in [5.74, 6) is 0.650. The molecule has 0 amide bonds. The highest BCUT2D eigenvalue weighted by Crippen LogP contribution is 2.30. The molecule has 0 saturated carbocycles. The first kappa shape index (κ1) is 14.9. The maximum absolute atomic E-state index is 5.83. The van der Waals surface area contributed by atoms with Crippen molar-refractivity contribution in [1.82, 2.24) is 9.97 Å². The minimum absolute atomic E-state index is 0.225. The molecule has 6 nitrogen and oxygen atoms in total. The Bertz CT molecular complexity index is 352. The van der Waals surface area contributed by atoms with Gasteiger partial charge in [0.2, 0.25) is 5.75 Å². The third-order valence-electron chi connectivity index (χ3n) is 2.04. The van der Waals surface area contributed by atoms with Crippen LogP contribution < -0.4 is 9.47 Å². The minimum Gasteiger partial charge on any atom is -0.489 e. The summed E-state index contributed by atoms with van der Waals surface area (Å²) in [4.78, 5) is 7.73. The van der Waals surface area contributed by atoms with Crippen molar-refractivity contribution in [3.63, 3.8) is 0 Å². The summed E-state index contributed by atoms with van der Waals surface area (Å²) in [5.41, 5.74) is 0.